The number of benzene rings is 3. The summed E-state index contributed by atoms with van der Waals surface area (Å²) in [5.74, 6) is 0.514. The van der Waals surface area contributed by atoms with Gasteiger partial charge in [0.25, 0.3) is 5.91 Å². The molecular weight excluding hydrogens is 440 g/mol. The van der Waals surface area contributed by atoms with E-state index in [2.05, 4.69) is 24.3 Å². The summed E-state index contributed by atoms with van der Waals surface area (Å²) in [6.45, 7) is -0.299. The van der Waals surface area contributed by atoms with Crippen LogP contribution in [0.25, 0.3) is 10.8 Å². The van der Waals surface area contributed by atoms with E-state index in [1.807, 2.05) is 42.5 Å². The fourth-order valence-electron chi connectivity index (χ4n) is 5.09. The molecule has 1 fully saturated rings. The van der Waals surface area contributed by atoms with Gasteiger partial charge in [0.05, 0.1) is 18.9 Å². The van der Waals surface area contributed by atoms with Crippen LogP contribution in [0.1, 0.15) is 55.7 Å². The second-order valence-corrected chi connectivity index (χ2v) is 9.36. The largest absolute Gasteiger partial charge is 0.497 e. The third-order valence-corrected chi connectivity index (χ3v) is 7.04. The molecule has 1 atom stereocenters. The van der Waals surface area contributed by atoms with Crippen molar-refractivity contribution >= 4 is 28.4 Å². The Bertz CT molecular complexity index is 1250. The van der Waals surface area contributed by atoms with Crippen LogP contribution in [0, 0.1) is 5.92 Å². The highest BCUT2D eigenvalue weighted by Crippen LogP contribution is 2.34. The predicted octanol–water partition coefficient (Wildman–Crippen LogP) is 5.65. The van der Waals surface area contributed by atoms with E-state index in [4.69, 9.17) is 14.6 Å². The molecule has 2 aliphatic rings. The van der Waals surface area contributed by atoms with Crippen LogP contribution < -0.4 is 4.74 Å². The lowest BCUT2D eigenvalue weighted by Gasteiger charge is -2.22. The van der Waals surface area contributed by atoms with Crippen molar-refractivity contribution in [2.24, 2.45) is 11.0 Å². The molecule has 3 aromatic rings. The third kappa shape index (κ3) is 5.21. The standard InChI is InChI=1S/C29H30N2O4/c1-34-25-14-12-22(13-15-25)27-18-26(24-11-10-21-8-4-5-9-23(21)17-24)30-31(27)28(32)19-35-29(33)16-20-6-2-3-7-20/h4-5,8-15,17,20,27H,2-3,6-7,16,18-19H2,1H3. The molecule has 5 rings (SSSR count). The van der Waals surface area contributed by atoms with Gasteiger partial charge >= 0.3 is 5.97 Å². The van der Waals surface area contributed by atoms with Crippen molar-refractivity contribution in [3.63, 3.8) is 0 Å². The van der Waals surface area contributed by atoms with Crippen molar-refractivity contribution in [3.05, 3.63) is 77.9 Å². The summed E-state index contributed by atoms with van der Waals surface area (Å²) in [5, 5.41) is 8.49. The SMILES string of the molecule is COc1ccc(C2CC(c3ccc4ccccc4c3)=NN2C(=O)COC(=O)CC2CCCC2)cc1. The first-order valence-electron chi connectivity index (χ1n) is 12.3. The zero-order chi connectivity index (χ0) is 24.2. The molecule has 0 radical (unpaired) electrons. The minimum Gasteiger partial charge on any atom is -0.497 e. The van der Waals surface area contributed by atoms with Gasteiger partial charge in [0.2, 0.25) is 0 Å². The van der Waals surface area contributed by atoms with E-state index in [1.165, 1.54) is 17.9 Å². The Morgan fingerprint density at radius 1 is 0.971 bits per heavy atom. The van der Waals surface area contributed by atoms with E-state index in [9.17, 15) is 9.59 Å². The topological polar surface area (TPSA) is 68.2 Å². The molecule has 6 nitrogen and oxygen atoms in total. The molecule has 1 unspecified atom stereocenters. The molecule has 35 heavy (non-hydrogen) atoms. The van der Waals surface area contributed by atoms with E-state index < -0.39 is 0 Å². The Morgan fingerprint density at radius 2 is 1.71 bits per heavy atom. The normalized spacial score (nSPS) is 18.0. The number of ether oxygens (including phenoxy) is 2. The maximum absolute atomic E-state index is 13.2. The van der Waals surface area contributed by atoms with Crippen LogP contribution in [0.5, 0.6) is 5.75 Å². The summed E-state index contributed by atoms with van der Waals surface area (Å²) in [7, 11) is 1.63. The van der Waals surface area contributed by atoms with Crippen molar-refractivity contribution in [2.45, 2.75) is 44.6 Å². The molecule has 1 amide bonds. The quantitative estimate of drug-likeness (QED) is 0.419. The lowest BCUT2D eigenvalue weighted by atomic mass is 9.97. The number of hydrazone groups is 1. The fourth-order valence-corrected chi connectivity index (χ4v) is 5.09. The zero-order valence-corrected chi connectivity index (χ0v) is 20.0. The van der Waals surface area contributed by atoms with Crippen molar-refractivity contribution in [2.75, 3.05) is 13.7 Å². The second kappa shape index (κ2) is 10.3. The average molecular weight is 471 g/mol. The Kier molecular flexibility index (Phi) is 6.80. The average Bonchev–Trinajstić information content (AvgIpc) is 3.57. The lowest BCUT2D eigenvalue weighted by molar-refractivity contribution is -0.153. The van der Waals surface area contributed by atoms with Gasteiger partial charge in [0, 0.05) is 12.8 Å². The summed E-state index contributed by atoms with van der Waals surface area (Å²) < 4.78 is 10.7. The Hall–Kier alpha value is -3.67. The zero-order valence-electron chi connectivity index (χ0n) is 20.0. The van der Waals surface area contributed by atoms with Crippen LogP contribution in [-0.2, 0) is 14.3 Å². The van der Waals surface area contributed by atoms with Gasteiger partial charge in [-0.2, -0.15) is 5.10 Å². The molecule has 0 bridgehead atoms. The monoisotopic (exact) mass is 470 g/mol. The number of nitrogens with zero attached hydrogens (tertiary/aromatic N) is 2. The number of methoxy groups -OCH3 is 1. The van der Waals surface area contributed by atoms with Gasteiger partial charge in [0.1, 0.15) is 5.75 Å². The first-order valence-corrected chi connectivity index (χ1v) is 12.3. The molecular formula is C29H30N2O4. The number of amides is 1. The maximum atomic E-state index is 13.2. The van der Waals surface area contributed by atoms with Gasteiger partial charge < -0.3 is 9.47 Å². The summed E-state index contributed by atoms with van der Waals surface area (Å²) in [6.07, 6.45) is 5.43. The van der Waals surface area contributed by atoms with E-state index in [0.29, 0.717) is 18.8 Å². The minimum absolute atomic E-state index is 0.275. The molecule has 1 aliphatic carbocycles. The van der Waals surface area contributed by atoms with Gasteiger partial charge in [-0.25, -0.2) is 5.01 Å². The first-order chi connectivity index (χ1) is 17.1. The second-order valence-electron chi connectivity index (χ2n) is 9.36. The number of hydrogen-bond acceptors (Lipinski definition) is 5. The van der Waals surface area contributed by atoms with Crippen LogP contribution in [0.4, 0.5) is 0 Å². The Balaban J connectivity index is 1.36. The number of fused-ring (bicyclic) bond motifs is 1. The van der Waals surface area contributed by atoms with Crippen molar-refractivity contribution in [1.29, 1.82) is 0 Å². The number of carbonyl (C=O) groups excluding carboxylic acids is 2. The molecule has 0 saturated heterocycles. The maximum Gasteiger partial charge on any atom is 0.306 e. The molecule has 1 aliphatic heterocycles. The van der Waals surface area contributed by atoms with Gasteiger partial charge in [-0.3, -0.25) is 9.59 Å². The highest BCUT2D eigenvalue weighted by molar-refractivity contribution is 6.05. The van der Waals surface area contributed by atoms with Gasteiger partial charge in [-0.1, -0.05) is 61.4 Å². The van der Waals surface area contributed by atoms with E-state index in [0.717, 1.165) is 46.2 Å². The van der Waals surface area contributed by atoms with Crippen molar-refractivity contribution in [1.82, 2.24) is 5.01 Å². The highest BCUT2D eigenvalue weighted by Gasteiger charge is 2.34. The van der Waals surface area contributed by atoms with Crippen LogP contribution in [0.15, 0.2) is 71.8 Å². The first kappa shape index (κ1) is 23.1. The molecule has 180 valence electrons. The minimum atomic E-state index is -0.318. The molecule has 1 heterocycles. The van der Waals surface area contributed by atoms with Crippen LogP contribution >= 0.6 is 0 Å². The summed E-state index contributed by atoms with van der Waals surface area (Å²) in [4.78, 5) is 25.5. The van der Waals surface area contributed by atoms with Crippen LogP contribution in [-0.4, -0.2) is 36.3 Å². The van der Waals surface area contributed by atoms with Gasteiger partial charge in [-0.15, -0.1) is 0 Å². The molecule has 6 heteroatoms. The summed E-state index contributed by atoms with van der Waals surface area (Å²) in [5.41, 5.74) is 2.77. The molecule has 0 spiro atoms. The highest BCUT2D eigenvalue weighted by atomic mass is 16.5. The lowest BCUT2D eigenvalue weighted by Crippen LogP contribution is -2.31. The molecule has 3 aromatic carbocycles. The van der Waals surface area contributed by atoms with Crippen molar-refractivity contribution < 1.29 is 19.1 Å². The van der Waals surface area contributed by atoms with Crippen LogP contribution in [0.3, 0.4) is 0 Å². The number of hydrogen-bond donors (Lipinski definition) is 0. The summed E-state index contributed by atoms with van der Waals surface area (Å²) >= 11 is 0. The number of rotatable bonds is 7. The van der Waals surface area contributed by atoms with E-state index in [1.54, 1.807) is 7.11 Å². The predicted molar refractivity (Wildman–Crippen MR) is 135 cm³/mol. The fraction of sp³-hybridized carbons (Fsp3) is 0.345. The Labute approximate surface area is 205 Å². The van der Waals surface area contributed by atoms with Gasteiger partial charge in [0.15, 0.2) is 6.61 Å². The van der Waals surface area contributed by atoms with E-state index in [-0.39, 0.29) is 24.5 Å². The number of carbonyl (C=O) groups is 2. The molecule has 0 aromatic heterocycles. The van der Waals surface area contributed by atoms with Gasteiger partial charge in [-0.05, 0) is 58.9 Å². The van der Waals surface area contributed by atoms with Crippen LogP contribution in [0.2, 0.25) is 0 Å². The third-order valence-electron chi connectivity index (χ3n) is 7.04. The number of esters is 1. The van der Waals surface area contributed by atoms with E-state index >= 15 is 0 Å². The molecule has 0 N–H and O–H groups in total. The summed E-state index contributed by atoms with van der Waals surface area (Å²) in [6, 6.07) is 21.8. The van der Waals surface area contributed by atoms with Crippen molar-refractivity contribution in [3.8, 4) is 5.75 Å². The smallest absolute Gasteiger partial charge is 0.306 e. The Morgan fingerprint density at radius 3 is 2.46 bits per heavy atom. The molecule has 1 saturated carbocycles.